The second-order valence-corrected chi connectivity index (χ2v) is 4.60. The maximum Gasteiger partial charge on any atom is 0.0344 e. The highest BCUT2D eigenvalue weighted by atomic mass is 32.2. The van der Waals surface area contributed by atoms with E-state index in [2.05, 4.69) is 24.7 Å². The van der Waals surface area contributed by atoms with Crippen molar-refractivity contribution in [1.29, 1.82) is 0 Å². The minimum Gasteiger partial charge on any atom is -0.247 e. The lowest BCUT2D eigenvalue weighted by Gasteiger charge is -2.21. The van der Waals surface area contributed by atoms with E-state index in [0.717, 1.165) is 6.04 Å². The quantitative estimate of drug-likeness (QED) is 0.474. The smallest absolute Gasteiger partial charge is 0.0344 e. The second-order valence-electron chi connectivity index (χ2n) is 3.18. The Kier molecular flexibility index (Phi) is 3.46. The van der Waals surface area contributed by atoms with Crippen molar-refractivity contribution in [3.05, 3.63) is 12.7 Å². The second kappa shape index (κ2) is 4.17. The summed E-state index contributed by atoms with van der Waals surface area (Å²) in [4.78, 5) is 0. The van der Waals surface area contributed by atoms with Gasteiger partial charge in [0.25, 0.3) is 0 Å². The molecule has 1 aliphatic heterocycles. The van der Waals surface area contributed by atoms with E-state index >= 15 is 0 Å². The molecular formula is C9H17NS. The van der Waals surface area contributed by atoms with Crippen LogP contribution in [0.5, 0.6) is 0 Å². The number of nitrogens with zero attached hydrogens (tertiary/aromatic N) is 1. The average Bonchev–Trinajstić information content (AvgIpc) is 2.37. The van der Waals surface area contributed by atoms with Gasteiger partial charge < -0.3 is 0 Å². The number of hydrogen-bond acceptors (Lipinski definition) is 2. The molecule has 0 aromatic rings. The maximum absolute atomic E-state index is 3.78. The summed E-state index contributed by atoms with van der Waals surface area (Å²) in [6.07, 6.45) is 4.73. The highest BCUT2D eigenvalue weighted by molar-refractivity contribution is 7.97. The van der Waals surface area contributed by atoms with E-state index in [9.17, 15) is 0 Å². The van der Waals surface area contributed by atoms with Gasteiger partial charge in [0.15, 0.2) is 0 Å². The van der Waals surface area contributed by atoms with Crippen LogP contribution in [0.1, 0.15) is 26.7 Å². The summed E-state index contributed by atoms with van der Waals surface area (Å²) < 4.78 is 2.48. The molecule has 0 amide bonds. The summed E-state index contributed by atoms with van der Waals surface area (Å²) in [5.74, 6) is 0. The molecule has 11 heavy (non-hydrogen) atoms. The first kappa shape index (κ1) is 9.14. The van der Waals surface area contributed by atoms with Gasteiger partial charge in [-0.25, -0.2) is 4.31 Å². The molecule has 0 saturated carbocycles. The lowest BCUT2D eigenvalue weighted by atomic mass is 10.3. The van der Waals surface area contributed by atoms with Crippen molar-refractivity contribution in [3.63, 3.8) is 0 Å². The monoisotopic (exact) mass is 171 g/mol. The van der Waals surface area contributed by atoms with Crippen molar-refractivity contribution in [2.75, 3.05) is 6.54 Å². The first-order valence-corrected chi connectivity index (χ1v) is 5.13. The SMILES string of the molecule is C=CC(C)SN1CCCC1C. The Labute approximate surface area is 74.0 Å². The van der Waals surface area contributed by atoms with E-state index in [-0.39, 0.29) is 0 Å². The van der Waals surface area contributed by atoms with Crippen LogP contribution in [0.15, 0.2) is 12.7 Å². The van der Waals surface area contributed by atoms with Crippen molar-refractivity contribution in [2.45, 2.75) is 38.0 Å². The van der Waals surface area contributed by atoms with Gasteiger partial charge >= 0.3 is 0 Å². The van der Waals surface area contributed by atoms with E-state index in [1.165, 1.54) is 19.4 Å². The van der Waals surface area contributed by atoms with Crippen molar-refractivity contribution in [2.24, 2.45) is 0 Å². The molecular weight excluding hydrogens is 154 g/mol. The van der Waals surface area contributed by atoms with Crippen molar-refractivity contribution >= 4 is 11.9 Å². The predicted molar refractivity (Wildman–Crippen MR) is 52.7 cm³/mol. The van der Waals surface area contributed by atoms with Gasteiger partial charge in [0.2, 0.25) is 0 Å². The highest BCUT2D eigenvalue weighted by Gasteiger charge is 2.21. The van der Waals surface area contributed by atoms with Gasteiger partial charge in [0, 0.05) is 17.8 Å². The Bertz CT molecular complexity index is 136. The highest BCUT2D eigenvalue weighted by Crippen LogP contribution is 2.27. The first-order chi connectivity index (χ1) is 5.24. The van der Waals surface area contributed by atoms with Crippen LogP contribution in [0.2, 0.25) is 0 Å². The Morgan fingerprint density at radius 2 is 2.45 bits per heavy atom. The Morgan fingerprint density at radius 3 is 2.91 bits per heavy atom. The molecule has 64 valence electrons. The standard InChI is InChI=1S/C9H17NS/c1-4-9(3)11-10-7-5-6-8(10)2/h4,8-9H,1,5-7H2,2-3H3. The number of hydrogen-bond donors (Lipinski definition) is 0. The van der Waals surface area contributed by atoms with Crippen molar-refractivity contribution < 1.29 is 0 Å². The third-order valence-corrected chi connectivity index (χ3v) is 3.46. The Balaban J connectivity index is 2.30. The fourth-order valence-electron chi connectivity index (χ4n) is 1.32. The first-order valence-electron chi connectivity index (χ1n) is 4.30. The van der Waals surface area contributed by atoms with Crippen LogP contribution in [0.25, 0.3) is 0 Å². The Hall–Kier alpha value is 0.0500. The van der Waals surface area contributed by atoms with Crippen LogP contribution in [0.3, 0.4) is 0 Å². The topological polar surface area (TPSA) is 3.24 Å². The van der Waals surface area contributed by atoms with Crippen LogP contribution in [-0.2, 0) is 0 Å². The molecule has 1 rings (SSSR count). The molecule has 0 N–H and O–H groups in total. The van der Waals surface area contributed by atoms with Gasteiger partial charge in [-0.1, -0.05) is 18.0 Å². The number of rotatable bonds is 3. The largest absolute Gasteiger partial charge is 0.247 e. The molecule has 0 aromatic carbocycles. The fraction of sp³-hybridized carbons (Fsp3) is 0.778. The van der Waals surface area contributed by atoms with Crippen LogP contribution >= 0.6 is 11.9 Å². The molecule has 0 aromatic heterocycles. The van der Waals surface area contributed by atoms with Gasteiger partial charge in [0.05, 0.1) is 0 Å². The van der Waals surface area contributed by atoms with Gasteiger partial charge in [-0.15, -0.1) is 6.58 Å². The third-order valence-electron chi connectivity index (χ3n) is 2.13. The molecule has 1 fully saturated rings. The third kappa shape index (κ3) is 2.53. The summed E-state index contributed by atoms with van der Waals surface area (Å²) in [6.45, 7) is 9.53. The van der Waals surface area contributed by atoms with Crippen LogP contribution in [-0.4, -0.2) is 22.1 Å². The van der Waals surface area contributed by atoms with Crippen molar-refractivity contribution in [3.8, 4) is 0 Å². The van der Waals surface area contributed by atoms with Gasteiger partial charge in [0.1, 0.15) is 0 Å². The minimum absolute atomic E-state index is 0.565. The summed E-state index contributed by atoms with van der Waals surface area (Å²) in [5, 5.41) is 0.565. The van der Waals surface area contributed by atoms with Crippen LogP contribution in [0, 0.1) is 0 Å². The van der Waals surface area contributed by atoms with E-state index in [1.54, 1.807) is 0 Å². The van der Waals surface area contributed by atoms with Gasteiger partial charge in [-0.2, -0.15) is 0 Å². The summed E-state index contributed by atoms with van der Waals surface area (Å²) in [6, 6.07) is 0.766. The molecule has 1 heterocycles. The lowest BCUT2D eigenvalue weighted by Crippen LogP contribution is -2.21. The molecule has 1 saturated heterocycles. The fourth-order valence-corrected chi connectivity index (χ4v) is 2.38. The van der Waals surface area contributed by atoms with E-state index in [1.807, 2.05) is 18.0 Å². The lowest BCUT2D eigenvalue weighted by molar-refractivity contribution is 0.466. The van der Waals surface area contributed by atoms with E-state index in [4.69, 9.17) is 0 Å². The molecule has 1 nitrogen and oxygen atoms in total. The average molecular weight is 171 g/mol. The molecule has 0 aliphatic carbocycles. The van der Waals surface area contributed by atoms with Crippen LogP contribution < -0.4 is 0 Å². The predicted octanol–water partition coefficient (Wildman–Crippen LogP) is 2.69. The normalized spacial score (nSPS) is 28.7. The maximum atomic E-state index is 3.78. The summed E-state index contributed by atoms with van der Waals surface area (Å²) in [7, 11) is 0. The van der Waals surface area contributed by atoms with Crippen molar-refractivity contribution in [1.82, 2.24) is 4.31 Å². The zero-order valence-corrected chi connectivity index (χ0v) is 8.23. The molecule has 0 spiro atoms. The molecule has 0 bridgehead atoms. The summed E-state index contributed by atoms with van der Waals surface area (Å²) >= 11 is 1.93. The molecule has 2 unspecified atom stereocenters. The van der Waals surface area contributed by atoms with E-state index < -0.39 is 0 Å². The zero-order valence-electron chi connectivity index (χ0n) is 7.42. The minimum atomic E-state index is 0.565. The van der Waals surface area contributed by atoms with Crippen LogP contribution in [0.4, 0.5) is 0 Å². The van der Waals surface area contributed by atoms with E-state index in [0.29, 0.717) is 5.25 Å². The van der Waals surface area contributed by atoms with Gasteiger partial charge in [-0.05, 0) is 26.7 Å². The van der Waals surface area contributed by atoms with Gasteiger partial charge in [-0.3, -0.25) is 0 Å². The summed E-state index contributed by atoms with van der Waals surface area (Å²) in [5.41, 5.74) is 0. The molecule has 2 atom stereocenters. The molecule has 0 radical (unpaired) electrons. The molecule has 2 heteroatoms. The Morgan fingerprint density at radius 1 is 1.73 bits per heavy atom. The molecule has 1 aliphatic rings. The zero-order chi connectivity index (χ0) is 8.27.